The highest BCUT2D eigenvalue weighted by Crippen LogP contribution is 2.33. The van der Waals surface area contributed by atoms with Gasteiger partial charge in [-0.25, -0.2) is 0 Å². The minimum Gasteiger partial charge on any atom is -0.298 e. The summed E-state index contributed by atoms with van der Waals surface area (Å²) in [6.07, 6.45) is 0.756. The van der Waals surface area contributed by atoms with Gasteiger partial charge in [0.1, 0.15) is 0 Å². The lowest BCUT2D eigenvalue weighted by atomic mass is 10.0. The van der Waals surface area contributed by atoms with Gasteiger partial charge in [-0.2, -0.15) is 0 Å². The van der Waals surface area contributed by atoms with Gasteiger partial charge < -0.3 is 0 Å². The molecule has 0 atom stereocenters. The first-order valence-corrected chi connectivity index (χ1v) is 5.95. The summed E-state index contributed by atoms with van der Waals surface area (Å²) in [5.41, 5.74) is 2.00. The summed E-state index contributed by atoms with van der Waals surface area (Å²) in [5.74, 6) is 0. The first-order valence-electron chi connectivity index (χ1n) is 4.82. The summed E-state index contributed by atoms with van der Waals surface area (Å²) in [7, 11) is 0. The molecule has 0 aliphatic heterocycles. The normalized spacial score (nSPS) is 10.3. The van der Waals surface area contributed by atoms with Crippen LogP contribution in [0, 0.1) is 0 Å². The fraction of sp³-hybridized carbons (Fsp3) is 0. The van der Waals surface area contributed by atoms with Gasteiger partial charge in [-0.1, -0.05) is 46.9 Å². The molecule has 0 saturated heterocycles. The molecule has 0 saturated carbocycles. The van der Waals surface area contributed by atoms with E-state index in [4.69, 9.17) is 34.8 Å². The Balaban J connectivity index is 2.63. The largest absolute Gasteiger partial charge is 0.298 e. The SMILES string of the molecule is O=Cc1cc(Cl)ccc1-c1ccc(Cl)cc1Cl. The number of hydrogen-bond acceptors (Lipinski definition) is 1. The lowest BCUT2D eigenvalue weighted by Gasteiger charge is -2.08. The smallest absolute Gasteiger partial charge is 0.150 e. The number of benzene rings is 2. The molecule has 0 heterocycles. The Labute approximate surface area is 114 Å². The van der Waals surface area contributed by atoms with Gasteiger partial charge in [0.2, 0.25) is 0 Å². The first-order chi connectivity index (χ1) is 8.11. The summed E-state index contributed by atoms with van der Waals surface area (Å²) < 4.78 is 0. The van der Waals surface area contributed by atoms with Crippen LogP contribution in [0.25, 0.3) is 11.1 Å². The van der Waals surface area contributed by atoms with Gasteiger partial charge in [0, 0.05) is 26.2 Å². The van der Waals surface area contributed by atoms with Crippen LogP contribution >= 0.6 is 34.8 Å². The number of carbonyl (C=O) groups excluding carboxylic acids is 1. The van der Waals surface area contributed by atoms with Gasteiger partial charge in [0.25, 0.3) is 0 Å². The second kappa shape index (κ2) is 5.09. The van der Waals surface area contributed by atoms with Crippen LogP contribution in [0.3, 0.4) is 0 Å². The van der Waals surface area contributed by atoms with Gasteiger partial charge in [-0.05, 0) is 29.8 Å². The molecule has 0 amide bonds. The van der Waals surface area contributed by atoms with Crippen molar-refractivity contribution in [1.82, 2.24) is 0 Å². The van der Waals surface area contributed by atoms with E-state index in [2.05, 4.69) is 0 Å². The highest BCUT2D eigenvalue weighted by atomic mass is 35.5. The zero-order valence-electron chi connectivity index (χ0n) is 8.58. The van der Waals surface area contributed by atoms with Crippen molar-refractivity contribution in [1.29, 1.82) is 0 Å². The molecule has 0 aliphatic carbocycles. The van der Waals surface area contributed by atoms with E-state index in [-0.39, 0.29) is 0 Å². The van der Waals surface area contributed by atoms with Gasteiger partial charge in [0.15, 0.2) is 6.29 Å². The molecule has 2 aromatic carbocycles. The molecule has 0 aromatic heterocycles. The predicted molar refractivity (Wildman–Crippen MR) is 72.3 cm³/mol. The standard InChI is InChI=1S/C13H7Cl3O/c14-9-1-3-11(8(5-9)7-17)12-4-2-10(15)6-13(12)16/h1-7H. The van der Waals surface area contributed by atoms with Crippen LogP contribution in [0.2, 0.25) is 15.1 Å². The molecule has 0 bridgehead atoms. The molecule has 86 valence electrons. The highest BCUT2D eigenvalue weighted by molar-refractivity contribution is 6.36. The van der Waals surface area contributed by atoms with Crippen LogP contribution in [-0.2, 0) is 0 Å². The maximum Gasteiger partial charge on any atom is 0.150 e. The topological polar surface area (TPSA) is 17.1 Å². The van der Waals surface area contributed by atoms with E-state index in [9.17, 15) is 4.79 Å². The fourth-order valence-electron chi connectivity index (χ4n) is 1.58. The zero-order valence-corrected chi connectivity index (χ0v) is 10.9. The molecule has 0 spiro atoms. The van der Waals surface area contributed by atoms with Crippen LogP contribution in [-0.4, -0.2) is 6.29 Å². The van der Waals surface area contributed by atoms with E-state index in [1.807, 2.05) is 0 Å². The molecule has 4 heteroatoms. The van der Waals surface area contributed by atoms with Crippen molar-refractivity contribution in [2.75, 3.05) is 0 Å². The third-order valence-corrected chi connectivity index (χ3v) is 3.14. The summed E-state index contributed by atoms with van der Waals surface area (Å²) >= 11 is 17.8. The van der Waals surface area contributed by atoms with Crippen LogP contribution in [0.4, 0.5) is 0 Å². The first kappa shape index (κ1) is 12.4. The van der Waals surface area contributed by atoms with Crippen molar-refractivity contribution in [2.24, 2.45) is 0 Å². The molecular weight excluding hydrogens is 279 g/mol. The van der Waals surface area contributed by atoms with Gasteiger partial charge >= 0.3 is 0 Å². The van der Waals surface area contributed by atoms with E-state index >= 15 is 0 Å². The van der Waals surface area contributed by atoms with Crippen LogP contribution in [0.5, 0.6) is 0 Å². The Hall–Kier alpha value is -1.02. The van der Waals surface area contributed by atoms with Crippen molar-refractivity contribution in [2.45, 2.75) is 0 Å². The predicted octanol–water partition coefficient (Wildman–Crippen LogP) is 5.13. The molecule has 2 aromatic rings. The van der Waals surface area contributed by atoms with E-state index in [0.717, 1.165) is 17.4 Å². The van der Waals surface area contributed by atoms with Crippen molar-refractivity contribution in [3.8, 4) is 11.1 Å². The average Bonchev–Trinajstić information content (AvgIpc) is 2.30. The minimum atomic E-state index is 0.502. The molecule has 0 fully saturated rings. The lowest BCUT2D eigenvalue weighted by Crippen LogP contribution is -1.88. The zero-order chi connectivity index (χ0) is 12.4. The van der Waals surface area contributed by atoms with Crippen molar-refractivity contribution in [3.05, 3.63) is 57.0 Å². The maximum absolute atomic E-state index is 11.0. The Morgan fingerprint density at radius 3 is 2.00 bits per heavy atom. The Bertz CT molecular complexity index is 579. The third kappa shape index (κ3) is 2.63. The van der Waals surface area contributed by atoms with Gasteiger partial charge in [-0.3, -0.25) is 4.79 Å². The molecule has 0 radical (unpaired) electrons. The van der Waals surface area contributed by atoms with Crippen LogP contribution in [0.1, 0.15) is 10.4 Å². The number of aldehydes is 1. The van der Waals surface area contributed by atoms with Crippen LogP contribution in [0.15, 0.2) is 36.4 Å². The van der Waals surface area contributed by atoms with E-state index in [1.54, 1.807) is 36.4 Å². The minimum absolute atomic E-state index is 0.502. The Morgan fingerprint density at radius 2 is 1.41 bits per heavy atom. The van der Waals surface area contributed by atoms with Gasteiger partial charge in [-0.15, -0.1) is 0 Å². The van der Waals surface area contributed by atoms with E-state index in [0.29, 0.717) is 20.6 Å². The number of rotatable bonds is 2. The quantitative estimate of drug-likeness (QED) is 0.699. The summed E-state index contributed by atoms with van der Waals surface area (Å²) in [6.45, 7) is 0. The highest BCUT2D eigenvalue weighted by Gasteiger charge is 2.09. The fourth-order valence-corrected chi connectivity index (χ4v) is 2.28. The Morgan fingerprint density at radius 1 is 0.824 bits per heavy atom. The monoisotopic (exact) mass is 284 g/mol. The molecule has 2 rings (SSSR count). The summed E-state index contributed by atoms with van der Waals surface area (Å²) in [6, 6.07) is 10.2. The third-order valence-electron chi connectivity index (χ3n) is 2.36. The second-order valence-corrected chi connectivity index (χ2v) is 4.75. The van der Waals surface area contributed by atoms with E-state index < -0.39 is 0 Å². The van der Waals surface area contributed by atoms with Crippen molar-refractivity contribution in [3.63, 3.8) is 0 Å². The number of hydrogen-bond donors (Lipinski definition) is 0. The van der Waals surface area contributed by atoms with Crippen molar-refractivity contribution >= 4 is 41.1 Å². The molecule has 0 unspecified atom stereocenters. The summed E-state index contributed by atoms with van der Waals surface area (Å²) in [5, 5.41) is 1.57. The molecular formula is C13H7Cl3O. The molecule has 0 N–H and O–H groups in total. The molecule has 0 aliphatic rings. The van der Waals surface area contributed by atoms with Crippen LogP contribution < -0.4 is 0 Å². The molecule has 17 heavy (non-hydrogen) atoms. The lowest BCUT2D eigenvalue weighted by molar-refractivity contribution is 0.112. The second-order valence-electron chi connectivity index (χ2n) is 3.47. The summed E-state index contributed by atoms with van der Waals surface area (Å²) in [4.78, 5) is 11.0. The number of halogens is 3. The van der Waals surface area contributed by atoms with E-state index in [1.165, 1.54) is 0 Å². The molecule has 1 nitrogen and oxygen atoms in total. The number of carbonyl (C=O) groups is 1. The average molecular weight is 286 g/mol. The van der Waals surface area contributed by atoms with Crippen molar-refractivity contribution < 1.29 is 4.79 Å². The Kier molecular flexibility index (Phi) is 3.72. The van der Waals surface area contributed by atoms with Gasteiger partial charge in [0.05, 0.1) is 0 Å². The maximum atomic E-state index is 11.0.